The van der Waals surface area contributed by atoms with Crippen molar-refractivity contribution in [3.8, 4) is 0 Å². The molecule has 11 heavy (non-hydrogen) atoms. The van der Waals surface area contributed by atoms with E-state index in [9.17, 15) is 0 Å². The van der Waals surface area contributed by atoms with E-state index in [0.29, 0.717) is 0 Å². The summed E-state index contributed by atoms with van der Waals surface area (Å²) >= 11 is 3.45. The van der Waals surface area contributed by atoms with Gasteiger partial charge in [-0.15, -0.1) is 0 Å². The molecule has 0 N–H and O–H groups in total. The Balaban J connectivity index is 1.84. The molecule has 0 aromatic heterocycles. The van der Waals surface area contributed by atoms with Gasteiger partial charge in [0.1, 0.15) is 0 Å². The summed E-state index contributed by atoms with van der Waals surface area (Å²) in [4.78, 5) is 0. The van der Waals surface area contributed by atoms with E-state index < -0.39 is 0 Å². The Morgan fingerprint density at radius 2 is 1.64 bits per heavy atom. The molecule has 2 aliphatic rings. The molecule has 0 nitrogen and oxygen atoms in total. The average molecular weight is 215 g/mol. The van der Waals surface area contributed by atoms with Gasteiger partial charge in [-0.1, -0.05) is 15.9 Å². The molecular weight excluding hydrogens is 200 g/mol. The lowest BCUT2D eigenvalue weighted by Gasteiger charge is -2.12. The summed E-state index contributed by atoms with van der Waals surface area (Å²) in [5.74, 6) is 2.94. The summed E-state index contributed by atoms with van der Waals surface area (Å²) in [5.41, 5.74) is 0. The zero-order valence-electron chi connectivity index (χ0n) is 6.85. The predicted molar refractivity (Wildman–Crippen MR) is 50.6 cm³/mol. The lowest BCUT2D eigenvalue weighted by atomic mass is 9.93. The third-order valence-corrected chi connectivity index (χ3v) is 3.70. The van der Waals surface area contributed by atoms with E-state index in [1.54, 1.807) is 0 Å². The Kier molecular flexibility index (Phi) is 2.55. The first-order chi connectivity index (χ1) is 5.42. The first-order valence-corrected chi connectivity index (χ1v) is 5.83. The largest absolute Gasteiger partial charge is 0.0928 e. The van der Waals surface area contributed by atoms with Crippen LogP contribution in [0.5, 0.6) is 0 Å². The third kappa shape index (κ3) is 1.49. The fourth-order valence-corrected chi connectivity index (χ4v) is 3.03. The van der Waals surface area contributed by atoms with Crippen molar-refractivity contribution in [2.45, 2.75) is 32.1 Å². The second-order valence-electron chi connectivity index (χ2n) is 3.84. The molecule has 0 spiro atoms. The van der Waals surface area contributed by atoms with Crippen LogP contribution < -0.4 is 0 Å². The van der Waals surface area contributed by atoms with Gasteiger partial charge in [-0.25, -0.2) is 0 Å². The molecule has 2 aliphatic carbocycles. The van der Waals surface area contributed by atoms with E-state index in [0.717, 1.165) is 29.5 Å². The summed E-state index contributed by atoms with van der Waals surface area (Å²) in [6.07, 6.45) is 10.8. The molecule has 2 rings (SSSR count). The molecule has 2 radical (unpaired) electrons. The molecule has 2 saturated carbocycles. The van der Waals surface area contributed by atoms with E-state index >= 15 is 0 Å². The van der Waals surface area contributed by atoms with Gasteiger partial charge in [-0.05, 0) is 56.3 Å². The molecule has 0 unspecified atom stereocenters. The Morgan fingerprint density at radius 3 is 2.09 bits per heavy atom. The molecule has 0 heterocycles. The van der Waals surface area contributed by atoms with E-state index in [2.05, 4.69) is 22.4 Å². The monoisotopic (exact) mass is 214 g/mol. The van der Waals surface area contributed by atoms with Crippen molar-refractivity contribution in [1.29, 1.82) is 0 Å². The SMILES string of the molecule is BrCC[C]C1C2CCC1CC2. The van der Waals surface area contributed by atoms with Crippen molar-refractivity contribution < 1.29 is 0 Å². The number of halogens is 1. The normalized spacial score (nSPS) is 41.7. The van der Waals surface area contributed by atoms with E-state index in [4.69, 9.17) is 0 Å². The summed E-state index contributed by atoms with van der Waals surface area (Å²) in [5, 5.41) is 1.10. The standard InChI is InChI=1S/C10H15Br/c11-7-1-2-10-8-3-4-9(10)6-5-8/h8-10H,1,3-7H2. The molecule has 0 saturated heterocycles. The second-order valence-corrected chi connectivity index (χ2v) is 4.64. The highest BCUT2D eigenvalue weighted by Gasteiger charge is 2.40. The van der Waals surface area contributed by atoms with Gasteiger partial charge in [0, 0.05) is 5.33 Å². The van der Waals surface area contributed by atoms with Gasteiger partial charge in [0.05, 0.1) is 0 Å². The van der Waals surface area contributed by atoms with Crippen LogP contribution in [0.3, 0.4) is 0 Å². The van der Waals surface area contributed by atoms with Crippen LogP contribution in [-0.4, -0.2) is 5.33 Å². The van der Waals surface area contributed by atoms with Gasteiger partial charge in [0.2, 0.25) is 0 Å². The maximum atomic E-state index is 3.65. The Labute approximate surface area is 77.9 Å². The van der Waals surface area contributed by atoms with Gasteiger partial charge in [0.15, 0.2) is 0 Å². The van der Waals surface area contributed by atoms with E-state index in [1.807, 2.05) is 0 Å². The second kappa shape index (κ2) is 3.47. The minimum Gasteiger partial charge on any atom is -0.0928 e. The Hall–Kier alpha value is 0.480. The van der Waals surface area contributed by atoms with E-state index in [-0.39, 0.29) is 0 Å². The van der Waals surface area contributed by atoms with Crippen LogP contribution in [0.1, 0.15) is 32.1 Å². The van der Waals surface area contributed by atoms with Crippen LogP contribution in [0.2, 0.25) is 0 Å². The number of rotatable bonds is 3. The van der Waals surface area contributed by atoms with Crippen molar-refractivity contribution >= 4 is 15.9 Å². The van der Waals surface area contributed by atoms with Crippen LogP contribution in [0.4, 0.5) is 0 Å². The average Bonchev–Trinajstić information content (AvgIpc) is 2.59. The van der Waals surface area contributed by atoms with Crippen molar-refractivity contribution in [2.24, 2.45) is 17.8 Å². The minimum absolute atomic E-state index is 0.882. The van der Waals surface area contributed by atoms with Crippen molar-refractivity contribution in [3.63, 3.8) is 0 Å². The highest BCUT2D eigenvalue weighted by Crippen LogP contribution is 2.50. The predicted octanol–water partition coefficient (Wildman–Crippen LogP) is 3.29. The summed E-state index contributed by atoms with van der Waals surface area (Å²) in [7, 11) is 0. The maximum absolute atomic E-state index is 3.65. The van der Waals surface area contributed by atoms with Gasteiger partial charge in [0.25, 0.3) is 0 Å². The van der Waals surface area contributed by atoms with Crippen LogP contribution in [0.25, 0.3) is 0 Å². The zero-order valence-corrected chi connectivity index (χ0v) is 8.44. The first-order valence-electron chi connectivity index (χ1n) is 4.71. The molecule has 2 fully saturated rings. The molecule has 0 atom stereocenters. The summed E-state index contributed by atoms with van der Waals surface area (Å²) in [6, 6.07) is 0. The van der Waals surface area contributed by atoms with E-state index in [1.165, 1.54) is 25.7 Å². The van der Waals surface area contributed by atoms with Crippen LogP contribution in [-0.2, 0) is 0 Å². The van der Waals surface area contributed by atoms with Gasteiger partial charge >= 0.3 is 0 Å². The van der Waals surface area contributed by atoms with Crippen molar-refractivity contribution in [2.75, 3.05) is 5.33 Å². The quantitative estimate of drug-likeness (QED) is 0.633. The van der Waals surface area contributed by atoms with Gasteiger partial charge in [-0.3, -0.25) is 0 Å². The molecule has 0 aromatic rings. The zero-order chi connectivity index (χ0) is 7.68. The molecule has 0 aromatic carbocycles. The van der Waals surface area contributed by atoms with Crippen LogP contribution in [0, 0.1) is 24.2 Å². The van der Waals surface area contributed by atoms with Crippen LogP contribution in [0.15, 0.2) is 0 Å². The molecular formula is C10H15Br. The lowest BCUT2D eigenvalue weighted by molar-refractivity contribution is 0.457. The van der Waals surface area contributed by atoms with Gasteiger partial charge < -0.3 is 0 Å². The fraction of sp³-hybridized carbons (Fsp3) is 0.900. The number of alkyl halides is 1. The summed E-state index contributed by atoms with van der Waals surface area (Å²) in [6.45, 7) is 0. The first kappa shape index (κ1) is 8.10. The minimum atomic E-state index is 0.882. The number of fused-ring (bicyclic) bond motifs is 2. The molecule has 0 aliphatic heterocycles. The highest BCUT2D eigenvalue weighted by molar-refractivity contribution is 9.09. The summed E-state index contributed by atoms with van der Waals surface area (Å²) < 4.78 is 0. The van der Waals surface area contributed by atoms with Gasteiger partial charge in [-0.2, -0.15) is 0 Å². The molecule has 0 amide bonds. The fourth-order valence-electron chi connectivity index (χ4n) is 2.80. The maximum Gasteiger partial charge on any atom is 0.00371 e. The Bertz CT molecular complexity index is 113. The number of hydrogen-bond acceptors (Lipinski definition) is 0. The topological polar surface area (TPSA) is 0 Å². The lowest BCUT2D eigenvalue weighted by Crippen LogP contribution is -2.06. The third-order valence-electron chi connectivity index (χ3n) is 3.31. The Morgan fingerprint density at radius 1 is 1.09 bits per heavy atom. The smallest absolute Gasteiger partial charge is 0.00371 e. The molecule has 62 valence electrons. The van der Waals surface area contributed by atoms with Crippen molar-refractivity contribution in [1.82, 2.24) is 0 Å². The van der Waals surface area contributed by atoms with Crippen molar-refractivity contribution in [3.05, 3.63) is 6.42 Å². The number of hydrogen-bond donors (Lipinski definition) is 0. The molecule has 2 bridgehead atoms. The molecule has 1 heteroatoms. The highest BCUT2D eigenvalue weighted by atomic mass is 79.9. The van der Waals surface area contributed by atoms with Crippen LogP contribution >= 0.6 is 15.9 Å².